The van der Waals surface area contributed by atoms with Crippen LogP contribution in [0, 0.1) is 13.8 Å². The number of hydrogen-bond donors (Lipinski definition) is 2. The van der Waals surface area contributed by atoms with E-state index in [1.807, 2.05) is 94.2 Å². The maximum absolute atomic E-state index is 14.1. The summed E-state index contributed by atoms with van der Waals surface area (Å²) in [6.07, 6.45) is 4.38. The van der Waals surface area contributed by atoms with Crippen molar-refractivity contribution in [3.8, 4) is 11.3 Å². The van der Waals surface area contributed by atoms with E-state index in [4.69, 9.17) is 4.74 Å². The minimum Gasteiger partial charge on any atom is -0.444 e. The van der Waals surface area contributed by atoms with Crippen LogP contribution in [0.1, 0.15) is 68.6 Å². The maximum Gasteiger partial charge on any atom is 0.408 e. The number of benzene rings is 2. The summed E-state index contributed by atoms with van der Waals surface area (Å²) < 4.78 is 5.53. The van der Waals surface area contributed by atoms with Crippen LogP contribution >= 0.6 is 0 Å². The molecule has 0 saturated carbocycles. The monoisotopic (exact) mass is 502 g/mol. The second-order valence-electron chi connectivity index (χ2n) is 10.9. The molecule has 4 rings (SSSR count). The molecule has 1 aliphatic heterocycles. The first-order valence-electron chi connectivity index (χ1n) is 13.1. The summed E-state index contributed by atoms with van der Waals surface area (Å²) in [7, 11) is 0. The van der Waals surface area contributed by atoms with Crippen LogP contribution in [0.4, 0.5) is 4.79 Å². The van der Waals surface area contributed by atoms with E-state index in [-0.39, 0.29) is 11.9 Å². The zero-order chi connectivity index (χ0) is 26.6. The lowest BCUT2D eigenvalue weighted by Crippen LogP contribution is -2.52. The number of aromatic amines is 1. The van der Waals surface area contributed by atoms with Gasteiger partial charge in [-0.05, 0) is 76.1 Å². The average Bonchev–Trinajstić information content (AvgIpc) is 3.35. The Balaban J connectivity index is 1.62. The van der Waals surface area contributed by atoms with Crippen molar-refractivity contribution in [1.29, 1.82) is 0 Å². The fraction of sp³-hybridized carbons (Fsp3) is 0.433. The number of nitrogens with zero attached hydrogens (tertiary/aromatic N) is 2. The van der Waals surface area contributed by atoms with Crippen LogP contribution in [-0.4, -0.2) is 45.1 Å². The highest BCUT2D eigenvalue weighted by molar-refractivity contribution is 5.86. The molecule has 1 aromatic heterocycles. The second-order valence-corrected chi connectivity index (χ2v) is 10.9. The molecule has 0 spiro atoms. The zero-order valence-corrected chi connectivity index (χ0v) is 22.5. The lowest BCUT2D eigenvalue weighted by molar-refractivity contribution is -0.137. The molecule has 2 unspecified atom stereocenters. The zero-order valence-electron chi connectivity index (χ0n) is 22.5. The number of amides is 2. The highest BCUT2D eigenvalue weighted by Crippen LogP contribution is 2.32. The van der Waals surface area contributed by atoms with Gasteiger partial charge in [-0.2, -0.15) is 0 Å². The maximum atomic E-state index is 14.1. The molecule has 37 heavy (non-hydrogen) atoms. The Bertz CT molecular complexity index is 1210. The fourth-order valence-corrected chi connectivity index (χ4v) is 4.98. The normalized spacial score (nSPS) is 16.8. The Hall–Kier alpha value is -3.61. The van der Waals surface area contributed by atoms with Crippen molar-refractivity contribution in [1.82, 2.24) is 20.2 Å². The second kappa shape index (κ2) is 11.2. The van der Waals surface area contributed by atoms with E-state index in [2.05, 4.69) is 15.3 Å². The van der Waals surface area contributed by atoms with Crippen molar-refractivity contribution in [2.45, 2.75) is 78.0 Å². The number of aryl methyl sites for hydroxylation is 2. The van der Waals surface area contributed by atoms with Crippen LogP contribution in [0.15, 0.2) is 54.7 Å². The lowest BCUT2D eigenvalue weighted by Gasteiger charge is -2.37. The molecule has 7 heteroatoms. The van der Waals surface area contributed by atoms with Gasteiger partial charge in [-0.25, -0.2) is 9.78 Å². The van der Waals surface area contributed by atoms with Crippen LogP contribution in [0.3, 0.4) is 0 Å². The van der Waals surface area contributed by atoms with Crippen LogP contribution in [0.2, 0.25) is 0 Å². The first kappa shape index (κ1) is 26.5. The van der Waals surface area contributed by atoms with E-state index >= 15 is 0 Å². The summed E-state index contributed by atoms with van der Waals surface area (Å²) >= 11 is 0. The smallest absolute Gasteiger partial charge is 0.408 e. The number of nitrogens with one attached hydrogen (secondary N) is 2. The van der Waals surface area contributed by atoms with E-state index in [1.54, 1.807) is 0 Å². The van der Waals surface area contributed by atoms with Crippen molar-refractivity contribution >= 4 is 12.0 Å². The van der Waals surface area contributed by atoms with Gasteiger partial charge in [-0.3, -0.25) is 4.79 Å². The van der Waals surface area contributed by atoms with Crippen LogP contribution < -0.4 is 5.32 Å². The summed E-state index contributed by atoms with van der Waals surface area (Å²) in [5.74, 6) is 0.658. The first-order chi connectivity index (χ1) is 17.6. The van der Waals surface area contributed by atoms with Crippen LogP contribution in [0.25, 0.3) is 11.3 Å². The number of aromatic nitrogens is 2. The number of H-pyrrole nitrogens is 1. The summed E-state index contributed by atoms with van der Waals surface area (Å²) in [6.45, 7) is 10.1. The summed E-state index contributed by atoms with van der Waals surface area (Å²) in [5.41, 5.74) is 4.57. The summed E-state index contributed by atoms with van der Waals surface area (Å²) in [4.78, 5) is 36.9. The molecule has 0 bridgehead atoms. The van der Waals surface area contributed by atoms with Gasteiger partial charge in [0.1, 0.15) is 17.5 Å². The highest BCUT2D eigenvalue weighted by Gasteiger charge is 2.36. The van der Waals surface area contributed by atoms with E-state index in [1.165, 1.54) is 0 Å². The van der Waals surface area contributed by atoms with Crippen molar-refractivity contribution in [2.75, 3.05) is 6.54 Å². The minimum absolute atomic E-state index is 0.115. The number of likely N-dealkylation sites (tertiary alicyclic amines) is 1. The standard InChI is InChI=1S/C30H38N4O3/c1-20-12-11-13-21(2)23(20)18-24(33-29(36)37-30(3,4)5)28(35)34-17-10-9-16-26(34)27-31-19-25(32-27)22-14-7-6-8-15-22/h6-8,11-15,19,24,26H,9-10,16-18H2,1-5H3,(H,31,32)(H,33,36). The van der Waals surface area contributed by atoms with Gasteiger partial charge in [0.25, 0.3) is 0 Å². The van der Waals surface area contributed by atoms with E-state index in [0.717, 1.165) is 53.0 Å². The third kappa shape index (κ3) is 6.59. The topological polar surface area (TPSA) is 87.3 Å². The van der Waals surface area contributed by atoms with Crippen molar-refractivity contribution < 1.29 is 14.3 Å². The van der Waals surface area contributed by atoms with Crippen molar-refractivity contribution in [2.24, 2.45) is 0 Å². The van der Waals surface area contributed by atoms with Gasteiger partial charge >= 0.3 is 6.09 Å². The van der Waals surface area contributed by atoms with Crippen LogP contribution in [0.5, 0.6) is 0 Å². The van der Waals surface area contributed by atoms with Gasteiger partial charge in [0, 0.05) is 13.0 Å². The Morgan fingerprint density at radius 3 is 2.46 bits per heavy atom. The number of hydrogen-bond acceptors (Lipinski definition) is 4. The van der Waals surface area contributed by atoms with E-state index in [0.29, 0.717) is 13.0 Å². The molecular weight excluding hydrogens is 464 g/mol. The molecule has 2 N–H and O–H groups in total. The number of piperidine rings is 1. The molecule has 7 nitrogen and oxygen atoms in total. The van der Waals surface area contributed by atoms with Crippen LogP contribution in [-0.2, 0) is 16.0 Å². The molecule has 1 aliphatic rings. The summed E-state index contributed by atoms with van der Waals surface area (Å²) in [6, 6.07) is 15.2. The molecule has 2 amide bonds. The SMILES string of the molecule is Cc1cccc(C)c1CC(NC(=O)OC(C)(C)C)C(=O)N1CCCCC1c1ncc(-c2ccccc2)[nH]1. The molecule has 2 atom stereocenters. The largest absolute Gasteiger partial charge is 0.444 e. The van der Waals surface area contributed by atoms with Gasteiger partial charge in [-0.15, -0.1) is 0 Å². The molecule has 3 aromatic rings. The van der Waals surface area contributed by atoms with Gasteiger partial charge in [0.15, 0.2) is 0 Å². The molecule has 1 saturated heterocycles. The minimum atomic E-state index is -0.751. The van der Waals surface area contributed by atoms with Gasteiger partial charge in [-0.1, -0.05) is 48.5 Å². The Labute approximate surface area is 219 Å². The number of imidazole rings is 1. The molecule has 196 valence electrons. The third-order valence-electron chi connectivity index (χ3n) is 6.82. The quantitative estimate of drug-likeness (QED) is 0.440. The van der Waals surface area contributed by atoms with Gasteiger partial charge in [0.2, 0.25) is 5.91 Å². The Morgan fingerprint density at radius 2 is 1.78 bits per heavy atom. The van der Waals surface area contributed by atoms with Crippen molar-refractivity contribution in [3.63, 3.8) is 0 Å². The number of rotatable bonds is 6. The predicted molar refractivity (Wildman–Crippen MR) is 145 cm³/mol. The highest BCUT2D eigenvalue weighted by atomic mass is 16.6. The number of alkyl carbamates (subject to hydrolysis) is 1. The number of carbonyl (C=O) groups excluding carboxylic acids is 2. The van der Waals surface area contributed by atoms with Gasteiger partial charge < -0.3 is 19.9 Å². The Kier molecular flexibility index (Phi) is 8.00. The fourth-order valence-electron chi connectivity index (χ4n) is 4.98. The number of ether oxygens (including phenoxy) is 1. The number of carbonyl (C=O) groups is 2. The molecule has 0 radical (unpaired) electrons. The third-order valence-corrected chi connectivity index (χ3v) is 6.82. The van der Waals surface area contributed by atoms with E-state index in [9.17, 15) is 9.59 Å². The van der Waals surface area contributed by atoms with Gasteiger partial charge in [0.05, 0.1) is 17.9 Å². The predicted octanol–water partition coefficient (Wildman–Crippen LogP) is 5.88. The first-order valence-corrected chi connectivity index (χ1v) is 13.1. The molecule has 1 fully saturated rings. The van der Waals surface area contributed by atoms with Crippen molar-refractivity contribution in [3.05, 3.63) is 77.2 Å². The molecular formula is C30H38N4O3. The average molecular weight is 503 g/mol. The molecule has 2 aromatic carbocycles. The van der Waals surface area contributed by atoms with E-state index < -0.39 is 17.7 Å². The summed E-state index contributed by atoms with van der Waals surface area (Å²) in [5, 5.41) is 2.89. The lowest BCUT2D eigenvalue weighted by atomic mass is 9.94. The Morgan fingerprint density at radius 1 is 1.08 bits per heavy atom. The molecule has 2 heterocycles. The molecule has 0 aliphatic carbocycles.